The Morgan fingerprint density at radius 3 is 2.54 bits per heavy atom. The zero-order valence-electron chi connectivity index (χ0n) is 19.6. The maximum absolute atomic E-state index is 13.7. The Hall–Kier alpha value is -4.32. The summed E-state index contributed by atoms with van der Waals surface area (Å²) >= 11 is 0. The van der Waals surface area contributed by atoms with Crippen LogP contribution in [-0.4, -0.2) is 29.9 Å². The van der Waals surface area contributed by atoms with Gasteiger partial charge in [-0.3, -0.25) is 9.69 Å². The summed E-state index contributed by atoms with van der Waals surface area (Å²) in [5.41, 5.74) is 5.07. The Kier molecular flexibility index (Phi) is 6.10. The van der Waals surface area contributed by atoms with E-state index in [0.717, 1.165) is 22.4 Å². The lowest BCUT2D eigenvalue weighted by Crippen LogP contribution is -2.47. The second kappa shape index (κ2) is 9.50. The molecular weight excluding hydrogens is 438 g/mol. The van der Waals surface area contributed by atoms with Gasteiger partial charge in [-0.25, -0.2) is 4.79 Å². The van der Waals surface area contributed by atoms with Gasteiger partial charge < -0.3 is 15.0 Å². The van der Waals surface area contributed by atoms with Crippen LogP contribution < -0.4 is 15.0 Å². The number of rotatable bonds is 7. The number of hydrogen-bond acceptors (Lipinski definition) is 3. The fourth-order valence-corrected chi connectivity index (χ4v) is 4.52. The van der Waals surface area contributed by atoms with E-state index < -0.39 is 6.04 Å². The third kappa shape index (κ3) is 4.43. The Labute approximate surface area is 205 Å². The van der Waals surface area contributed by atoms with Crippen molar-refractivity contribution >= 4 is 17.6 Å². The predicted molar refractivity (Wildman–Crippen MR) is 136 cm³/mol. The highest BCUT2D eigenvalue weighted by atomic mass is 16.5. The van der Waals surface area contributed by atoms with Crippen molar-refractivity contribution in [1.29, 1.82) is 0 Å². The molecule has 0 bridgehead atoms. The Morgan fingerprint density at radius 1 is 1.03 bits per heavy atom. The van der Waals surface area contributed by atoms with Crippen molar-refractivity contribution in [2.45, 2.75) is 19.6 Å². The maximum Gasteiger partial charge on any atom is 0.322 e. The summed E-state index contributed by atoms with van der Waals surface area (Å²) in [6, 6.07) is 24.5. The van der Waals surface area contributed by atoms with Crippen LogP contribution in [0.15, 0.2) is 103 Å². The van der Waals surface area contributed by atoms with Crippen LogP contribution in [0.4, 0.5) is 10.5 Å². The number of anilines is 1. The molecule has 35 heavy (non-hydrogen) atoms. The number of carbonyl (C=O) groups excluding carboxylic acids is 2. The quantitative estimate of drug-likeness (QED) is 0.492. The molecule has 3 amide bonds. The lowest BCUT2D eigenvalue weighted by atomic mass is 9.95. The molecule has 0 spiro atoms. The third-order valence-electron chi connectivity index (χ3n) is 6.32. The highest BCUT2D eigenvalue weighted by molar-refractivity contribution is 6.11. The zero-order valence-corrected chi connectivity index (χ0v) is 19.6. The highest BCUT2D eigenvalue weighted by Gasteiger charge is 2.44. The average Bonchev–Trinajstić information content (AvgIpc) is 3.22. The summed E-state index contributed by atoms with van der Waals surface area (Å²) in [6.07, 6.45) is 1.67. The molecule has 0 saturated heterocycles. The van der Waals surface area contributed by atoms with Gasteiger partial charge in [0.1, 0.15) is 12.4 Å². The molecule has 2 aliphatic rings. The zero-order chi connectivity index (χ0) is 24.4. The van der Waals surface area contributed by atoms with E-state index in [4.69, 9.17) is 4.74 Å². The molecule has 3 aromatic rings. The van der Waals surface area contributed by atoms with E-state index in [1.54, 1.807) is 15.9 Å². The van der Waals surface area contributed by atoms with Crippen molar-refractivity contribution < 1.29 is 14.3 Å². The van der Waals surface area contributed by atoms with Gasteiger partial charge in [0.25, 0.3) is 5.91 Å². The lowest BCUT2D eigenvalue weighted by molar-refractivity contribution is -0.114. The van der Waals surface area contributed by atoms with Crippen LogP contribution in [0.5, 0.6) is 5.75 Å². The first-order valence-electron chi connectivity index (χ1n) is 11.6. The first-order valence-corrected chi connectivity index (χ1v) is 11.6. The van der Waals surface area contributed by atoms with Crippen LogP contribution in [0.2, 0.25) is 0 Å². The van der Waals surface area contributed by atoms with Crippen molar-refractivity contribution in [1.82, 2.24) is 10.2 Å². The molecule has 0 radical (unpaired) electrons. The van der Waals surface area contributed by atoms with E-state index in [9.17, 15) is 9.59 Å². The standard InChI is InChI=1S/C29H27N3O3/c1-3-16-31-25-18-32(23-14-12-20(2)13-15-23)28(33)26(25)27(30-29(31)34)22-10-7-11-24(17-22)35-19-21-8-5-4-6-9-21/h3-15,17,27H,1,16,18-19H2,2H3,(H,30,34)/t27-/m0/s1. The number of nitrogens with one attached hydrogen (secondary N) is 1. The van der Waals surface area contributed by atoms with Crippen molar-refractivity contribution in [2.75, 3.05) is 18.0 Å². The van der Waals surface area contributed by atoms with E-state index in [1.165, 1.54) is 0 Å². The molecule has 5 rings (SSSR count). The summed E-state index contributed by atoms with van der Waals surface area (Å²) in [4.78, 5) is 30.1. The number of nitrogens with zero attached hydrogens (tertiary/aromatic N) is 2. The van der Waals surface area contributed by atoms with Crippen LogP contribution >= 0.6 is 0 Å². The molecule has 0 fully saturated rings. The minimum Gasteiger partial charge on any atom is -0.489 e. The van der Waals surface area contributed by atoms with Gasteiger partial charge in [0.05, 0.1) is 23.9 Å². The molecule has 1 N–H and O–H groups in total. The lowest BCUT2D eigenvalue weighted by Gasteiger charge is -2.33. The number of amides is 3. The number of ether oxygens (including phenoxy) is 1. The second-order valence-electron chi connectivity index (χ2n) is 8.72. The predicted octanol–water partition coefficient (Wildman–Crippen LogP) is 5.13. The number of hydrogen-bond donors (Lipinski definition) is 1. The summed E-state index contributed by atoms with van der Waals surface area (Å²) in [5.74, 6) is 0.565. The van der Waals surface area contributed by atoms with Crippen LogP contribution in [0.1, 0.15) is 22.7 Å². The summed E-state index contributed by atoms with van der Waals surface area (Å²) in [7, 11) is 0. The summed E-state index contributed by atoms with van der Waals surface area (Å²) in [5, 5.41) is 3.03. The summed E-state index contributed by atoms with van der Waals surface area (Å²) < 4.78 is 6.00. The number of benzene rings is 3. The van der Waals surface area contributed by atoms with Crippen LogP contribution in [0.3, 0.4) is 0 Å². The van der Waals surface area contributed by atoms with E-state index in [0.29, 0.717) is 36.7 Å². The van der Waals surface area contributed by atoms with Gasteiger partial charge in [-0.05, 0) is 42.3 Å². The molecule has 176 valence electrons. The van der Waals surface area contributed by atoms with E-state index in [1.807, 2.05) is 85.8 Å². The largest absolute Gasteiger partial charge is 0.489 e. The van der Waals surface area contributed by atoms with Crippen LogP contribution in [0.25, 0.3) is 0 Å². The van der Waals surface area contributed by atoms with Crippen LogP contribution in [-0.2, 0) is 11.4 Å². The normalized spacial score (nSPS) is 17.3. The first kappa shape index (κ1) is 22.5. The fourth-order valence-electron chi connectivity index (χ4n) is 4.52. The van der Waals surface area contributed by atoms with Crippen molar-refractivity contribution in [3.63, 3.8) is 0 Å². The van der Waals surface area contributed by atoms with Gasteiger partial charge in [0.2, 0.25) is 0 Å². The van der Waals surface area contributed by atoms with E-state index in [-0.39, 0.29) is 11.9 Å². The van der Waals surface area contributed by atoms with Gasteiger partial charge in [0, 0.05) is 12.2 Å². The maximum atomic E-state index is 13.7. The molecule has 3 aromatic carbocycles. The van der Waals surface area contributed by atoms with Gasteiger partial charge in [-0.2, -0.15) is 0 Å². The molecule has 0 saturated carbocycles. The minimum absolute atomic E-state index is 0.112. The Bertz CT molecular complexity index is 1300. The molecular formula is C29H27N3O3. The smallest absolute Gasteiger partial charge is 0.322 e. The molecule has 1 atom stereocenters. The van der Waals surface area contributed by atoms with Crippen molar-refractivity contribution in [3.05, 3.63) is 119 Å². The van der Waals surface area contributed by atoms with Crippen LogP contribution in [0, 0.1) is 6.92 Å². The molecule has 0 aromatic heterocycles. The molecule has 6 nitrogen and oxygen atoms in total. The Morgan fingerprint density at radius 2 is 1.80 bits per heavy atom. The minimum atomic E-state index is -0.568. The third-order valence-corrected chi connectivity index (χ3v) is 6.32. The average molecular weight is 466 g/mol. The SMILES string of the molecule is C=CCN1C(=O)N[C@@H](c2cccc(OCc3ccccc3)c2)C2=C1CN(c1ccc(C)cc1)C2=O. The van der Waals surface area contributed by atoms with E-state index >= 15 is 0 Å². The van der Waals surface area contributed by atoms with Crippen molar-refractivity contribution in [3.8, 4) is 5.75 Å². The van der Waals surface area contributed by atoms with Gasteiger partial charge in [-0.1, -0.05) is 66.2 Å². The monoisotopic (exact) mass is 465 g/mol. The van der Waals surface area contributed by atoms with E-state index in [2.05, 4.69) is 11.9 Å². The number of urea groups is 1. The molecule has 0 aliphatic carbocycles. The molecule has 0 unspecified atom stereocenters. The molecule has 2 heterocycles. The van der Waals surface area contributed by atoms with Crippen molar-refractivity contribution in [2.24, 2.45) is 0 Å². The van der Waals surface area contributed by atoms with Gasteiger partial charge in [-0.15, -0.1) is 6.58 Å². The fraction of sp³-hybridized carbons (Fsp3) is 0.172. The van der Waals surface area contributed by atoms with Gasteiger partial charge in [0.15, 0.2) is 0 Å². The topological polar surface area (TPSA) is 61.9 Å². The number of aryl methyl sites for hydroxylation is 1. The molecule has 6 heteroatoms. The number of carbonyl (C=O) groups is 2. The highest BCUT2D eigenvalue weighted by Crippen LogP contribution is 2.38. The Balaban J connectivity index is 1.47. The summed E-state index contributed by atoms with van der Waals surface area (Å²) in [6.45, 7) is 6.89. The molecule has 2 aliphatic heterocycles. The van der Waals surface area contributed by atoms with Gasteiger partial charge >= 0.3 is 6.03 Å². The first-order chi connectivity index (χ1) is 17.0. The second-order valence-corrected chi connectivity index (χ2v) is 8.72.